The number of benzene rings is 2. The molecule has 0 radical (unpaired) electrons. The number of hydrogen-bond donors (Lipinski definition) is 0. The van der Waals surface area contributed by atoms with Gasteiger partial charge in [-0.05, 0) is 17.7 Å². The van der Waals surface area contributed by atoms with Crippen LogP contribution in [0.2, 0.25) is 0 Å². The molecule has 0 aromatic heterocycles. The Morgan fingerprint density at radius 3 is 2.42 bits per heavy atom. The molecule has 6 heteroatoms. The van der Waals surface area contributed by atoms with Crippen molar-refractivity contribution < 1.29 is 14.5 Å². The van der Waals surface area contributed by atoms with Crippen molar-refractivity contribution in [3.63, 3.8) is 0 Å². The van der Waals surface area contributed by atoms with Crippen LogP contribution in [0.3, 0.4) is 0 Å². The van der Waals surface area contributed by atoms with E-state index in [1.165, 1.54) is 12.1 Å². The van der Waals surface area contributed by atoms with Crippen molar-refractivity contribution in [2.75, 3.05) is 11.5 Å². The number of ether oxygens (including phenoxy) is 1. The topological polar surface area (TPSA) is 72.7 Å². The van der Waals surface area contributed by atoms with Gasteiger partial charge in [-0.15, -0.1) is 6.58 Å². The Balaban J connectivity index is 1.93. The first-order chi connectivity index (χ1) is 11.6. The molecule has 1 fully saturated rings. The molecule has 2 aromatic rings. The normalized spacial score (nSPS) is 19.7. The third-order valence-corrected chi connectivity index (χ3v) is 3.92. The number of nitro benzene ring substituents is 1. The summed E-state index contributed by atoms with van der Waals surface area (Å²) in [6, 6.07) is 15.2. The van der Waals surface area contributed by atoms with Gasteiger partial charge in [-0.25, -0.2) is 0 Å². The Morgan fingerprint density at radius 1 is 1.17 bits per heavy atom. The number of para-hydroxylation sites is 1. The van der Waals surface area contributed by atoms with Gasteiger partial charge < -0.3 is 4.74 Å². The van der Waals surface area contributed by atoms with Crippen LogP contribution in [0.4, 0.5) is 11.4 Å². The molecule has 6 nitrogen and oxygen atoms in total. The van der Waals surface area contributed by atoms with E-state index in [1.54, 1.807) is 23.1 Å². The third kappa shape index (κ3) is 2.79. The summed E-state index contributed by atoms with van der Waals surface area (Å²) in [7, 11) is 0. The highest BCUT2D eigenvalue weighted by Gasteiger charge is 2.49. The van der Waals surface area contributed by atoms with Crippen LogP contribution in [0.25, 0.3) is 0 Å². The number of β-lactam (4-membered cyclic amide) rings is 1. The largest absolute Gasteiger partial charge is 0.362 e. The summed E-state index contributed by atoms with van der Waals surface area (Å²) in [6.07, 6.45) is 0.968. The lowest BCUT2D eigenvalue weighted by atomic mass is 9.89. The van der Waals surface area contributed by atoms with Gasteiger partial charge in [0.1, 0.15) is 0 Å². The highest BCUT2D eigenvalue weighted by Crippen LogP contribution is 2.41. The molecule has 0 spiro atoms. The summed E-state index contributed by atoms with van der Waals surface area (Å²) in [5, 5.41) is 10.8. The van der Waals surface area contributed by atoms with Crippen molar-refractivity contribution in [1.82, 2.24) is 0 Å². The first kappa shape index (κ1) is 15.9. The number of amides is 1. The van der Waals surface area contributed by atoms with Gasteiger partial charge in [-0.2, -0.15) is 0 Å². The zero-order valence-corrected chi connectivity index (χ0v) is 12.9. The predicted molar refractivity (Wildman–Crippen MR) is 89.7 cm³/mol. The number of non-ortho nitro benzene ring substituents is 1. The van der Waals surface area contributed by atoms with E-state index in [0.29, 0.717) is 0 Å². The van der Waals surface area contributed by atoms with Crippen LogP contribution in [0, 0.1) is 10.1 Å². The Kier molecular flexibility index (Phi) is 4.39. The van der Waals surface area contributed by atoms with Gasteiger partial charge in [0.15, 0.2) is 6.10 Å². The minimum Gasteiger partial charge on any atom is -0.362 e. The number of rotatable bonds is 6. The van der Waals surface area contributed by atoms with E-state index in [1.807, 2.05) is 30.3 Å². The van der Waals surface area contributed by atoms with Gasteiger partial charge in [0.25, 0.3) is 11.6 Å². The van der Waals surface area contributed by atoms with Crippen LogP contribution in [-0.2, 0) is 9.53 Å². The van der Waals surface area contributed by atoms with Crippen molar-refractivity contribution in [1.29, 1.82) is 0 Å². The van der Waals surface area contributed by atoms with Gasteiger partial charge in [0.2, 0.25) is 0 Å². The minimum absolute atomic E-state index is 0.0132. The summed E-state index contributed by atoms with van der Waals surface area (Å²) in [4.78, 5) is 24.5. The maximum Gasteiger partial charge on any atom is 0.269 e. The molecular formula is C18H16N2O4. The van der Waals surface area contributed by atoms with Crippen molar-refractivity contribution in [3.8, 4) is 0 Å². The van der Waals surface area contributed by atoms with E-state index in [2.05, 4.69) is 6.58 Å². The van der Waals surface area contributed by atoms with Crippen molar-refractivity contribution in [2.45, 2.75) is 12.1 Å². The highest BCUT2D eigenvalue weighted by atomic mass is 16.6. The lowest BCUT2D eigenvalue weighted by molar-refractivity contribution is -0.384. The van der Waals surface area contributed by atoms with E-state index in [0.717, 1.165) is 11.3 Å². The molecule has 2 aromatic carbocycles. The average molecular weight is 324 g/mol. The summed E-state index contributed by atoms with van der Waals surface area (Å²) in [5.41, 5.74) is 1.57. The molecule has 0 unspecified atom stereocenters. The number of hydrogen-bond acceptors (Lipinski definition) is 4. The molecule has 0 bridgehead atoms. The summed E-state index contributed by atoms with van der Waals surface area (Å²) in [5.74, 6) is -0.133. The smallest absolute Gasteiger partial charge is 0.269 e. The predicted octanol–water partition coefficient (Wildman–Crippen LogP) is 3.25. The molecule has 2 atom stereocenters. The number of nitrogens with zero attached hydrogens (tertiary/aromatic N) is 2. The lowest BCUT2D eigenvalue weighted by Crippen LogP contribution is -2.60. The first-order valence-corrected chi connectivity index (χ1v) is 7.48. The fraction of sp³-hybridized carbons (Fsp3) is 0.167. The van der Waals surface area contributed by atoms with Crippen LogP contribution in [0.1, 0.15) is 11.6 Å². The fourth-order valence-corrected chi connectivity index (χ4v) is 2.79. The molecule has 0 saturated carbocycles. The van der Waals surface area contributed by atoms with Crippen LogP contribution in [0.15, 0.2) is 67.3 Å². The number of carbonyl (C=O) groups is 1. The van der Waals surface area contributed by atoms with Crippen LogP contribution >= 0.6 is 0 Å². The van der Waals surface area contributed by atoms with E-state index in [4.69, 9.17) is 4.74 Å². The second-order valence-electron chi connectivity index (χ2n) is 5.38. The summed E-state index contributed by atoms with van der Waals surface area (Å²) in [6.45, 7) is 3.86. The molecule has 0 N–H and O–H groups in total. The average Bonchev–Trinajstić information content (AvgIpc) is 2.60. The molecule has 24 heavy (non-hydrogen) atoms. The SMILES string of the molecule is C=CCO[C@@H]1C(=O)N(c2ccccc2)[C@@H]1c1ccc([N+](=O)[O-])cc1. The molecule has 1 aliphatic heterocycles. The Morgan fingerprint density at radius 2 is 1.83 bits per heavy atom. The lowest BCUT2D eigenvalue weighted by Gasteiger charge is -2.46. The number of anilines is 1. The van der Waals surface area contributed by atoms with Gasteiger partial charge in [-0.1, -0.05) is 36.4 Å². The highest BCUT2D eigenvalue weighted by molar-refractivity contribution is 6.05. The zero-order chi connectivity index (χ0) is 17.1. The summed E-state index contributed by atoms with van der Waals surface area (Å²) >= 11 is 0. The van der Waals surface area contributed by atoms with Crippen molar-refractivity contribution in [2.24, 2.45) is 0 Å². The molecule has 0 aliphatic carbocycles. The van der Waals surface area contributed by atoms with Crippen LogP contribution in [-0.4, -0.2) is 23.5 Å². The fourth-order valence-electron chi connectivity index (χ4n) is 2.79. The van der Waals surface area contributed by atoms with Gasteiger partial charge in [0.05, 0.1) is 17.6 Å². The zero-order valence-electron chi connectivity index (χ0n) is 12.9. The van der Waals surface area contributed by atoms with E-state index in [9.17, 15) is 14.9 Å². The quantitative estimate of drug-likeness (QED) is 0.354. The van der Waals surface area contributed by atoms with E-state index in [-0.39, 0.29) is 24.2 Å². The van der Waals surface area contributed by atoms with E-state index >= 15 is 0 Å². The van der Waals surface area contributed by atoms with Gasteiger partial charge >= 0.3 is 0 Å². The molecular weight excluding hydrogens is 308 g/mol. The van der Waals surface area contributed by atoms with Crippen molar-refractivity contribution in [3.05, 3.63) is 82.9 Å². The molecule has 1 heterocycles. The maximum atomic E-state index is 12.5. The molecule has 3 rings (SSSR count). The summed E-state index contributed by atoms with van der Waals surface area (Å²) < 4.78 is 5.59. The van der Waals surface area contributed by atoms with Crippen LogP contribution in [0.5, 0.6) is 0 Å². The van der Waals surface area contributed by atoms with Gasteiger partial charge in [-0.3, -0.25) is 19.8 Å². The first-order valence-electron chi connectivity index (χ1n) is 7.48. The van der Waals surface area contributed by atoms with Gasteiger partial charge in [0, 0.05) is 17.8 Å². The number of carbonyl (C=O) groups excluding carboxylic acids is 1. The third-order valence-electron chi connectivity index (χ3n) is 3.92. The monoisotopic (exact) mass is 324 g/mol. The standard InChI is InChI=1S/C18H16N2O4/c1-2-12-24-17-16(13-8-10-15(11-9-13)20(22)23)19(18(17)21)14-6-4-3-5-7-14/h2-11,16-17H,1,12H2/t16-,17+/m1/s1. The Bertz CT molecular complexity index is 758. The maximum absolute atomic E-state index is 12.5. The Labute approximate surface area is 139 Å². The Hall–Kier alpha value is -2.99. The van der Waals surface area contributed by atoms with E-state index < -0.39 is 11.0 Å². The second kappa shape index (κ2) is 6.64. The second-order valence-corrected chi connectivity index (χ2v) is 5.38. The molecule has 1 amide bonds. The van der Waals surface area contributed by atoms with Crippen molar-refractivity contribution >= 4 is 17.3 Å². The number of nitro groups is 1. The minimum atomic E-state index is -0.621. The molecule has 122 valence electrons. The van der Waals surface area contributed by atoms with Crippen LogP contribution < -0.4 is 4.90 Å². The molecule has 1 aliphatic rings. The molecule has 1 saturated heterocycles.